The molecule has 0 aliphatic heterocycles. The third kappa shape index (κ3) is 6.15. The number of hydrogen-bond acceptors (Lipinski definition) is 3. The summed E-state index contributed by atoms with van der Waals surface area (Å²) in [6.07, 6.45) is 10.0. The summed E-state index contributed by atoms with van der Waals surface area (Å²) in [5, 5.41) is 17.8. The smallest absolute Gasteiger partial charge is 0.0726 e. The van der Waals surface area contributed by atoms with Gasteiger partial charge in [0.25, 0.3) is 0 Å². The Kier molecular flexibility index (Phi) is 6.33. The van der Waals surface area contributed by atoms with E-state index in [9.17, 15) is 5.11 Å². The Labute approximate surface area is 110 Å². The fourth-order valence-corrected chi connectivity index (χ4v) is 2.09. The Morgan fingerprint density at radius 2 is 1.83 bits per heavy atom. The molecular formula is C14H27N3O. The molecule has 1 rings (SSSR count). The summed E-state index contributed by atoms with van der Waals surface area (Å²) < 4.78 is 1.93. The average molecular weight is 253 g/mol. The summed E-state index contributed by atoms with van der Waals surface area (Å²) in [6.45, 7) is 6.78. The zero-order chi connectivity index (χ0) is 13.4. The van der Waals surface area contributed by atoms with E-state index in [2.05, 4.69) is 17.2 Å². The van der Waals surface area contributed by atoms with Crippen LogP contribution in [0.1, 0.15) is 65.0 Å². The van der Waals surface area contributed by atoms with E-state index in [1.165, 1.54) is 32.1 Å². The highest BCUT2D eigenvalue weighted by Gasteiger charge is 2.16. The fraction of sp³-hybridized carbons (Fsp3) is 0.857. The van der Waals surface area contributed by atoms with Gasteiger partial charge in [-0.05, 0) is 20.3 Å². The largest absolute Gasteiger partial charge is 0.390 e. The van der Waals surface area contributed by atoms with Crippen LogP contribution in [0, 0.1) is 0 Å². The quantitative estimate of drug-likeness (QED) is 0.688. The molecule has 1 aromatic heterocycles. The van der Waals surface area contributed by atoms with E-state index in [4.69, 9.17) is 0 Å². The maximum Gasteiger partial charge on any atom is 0.0726 e. The maximum atomic E-state index is 9.81. The number of aryl methyl sites for hydroxylation is 1. The predicted octanol–water partition coefficient (Wildman–Crippen LogP) is 2.95. The number of rotatable bonds is 9. The van der Waals surface area contributed by atoms with Gasteiger partial charge < -0.3 is 5.11 Å². The fourth-order valence-electron chi connectivity index (χ4n) is 2.09. The number of unbranched alkanes of at least 4 members (excludes halogenated alkanes) is 5. The topological polar surface area (TPSA) is 50.9 Å². The molecule has 0 aliphatic rings. The van der Waals surface area contributed by atoms with Crippen molar-refractivity contribution in [2.45, 2.75) is 77.9 Å². The second-order valence-electron chi connectivity index (χ2n) is 5.71. The van der Waals surface area contributed by atoms with Crippen LogP contribution in [-0.4, -0.2) is 25.7 Å². The van der Waals surface area contributed by atoms with Crippen LogP contribution >= 0.6 is 0 Å². The van der Waals surface area contributed by atoms with Gasteiger partial charge in [-0.25, -0.2) is 4.68 Å². The molecule has 0 bridgehead atoms. The van der Waals surface area contributed by atoms with Crippen molar-refractivity contribution in [2.24, 2.45) is 0 Å². The molecule has 0 radical (unpaired) electrons. The van der Waals surface area contributed by atoms with Crippen molar-refractivity contribution in [3.8, 4) is 0 Å². The minimum absolute atomic E-state index is 0.607. The van der Waals surface area contributed by atoms with Crippen molar-refractivity contribution in [3.05, 3.63) is 11.9 Å². The Morgan fingerprint density at radius 3 is 2.50 bits per heavy atom. The lowest BCUT2D eigenvalue weighted by molar-refractivity contribution is 0.0785. The molecule has 0 fully saturated rings. The van der Waals surface area contributed by atoms with Crippen LogP contribution in [-0.2, 0) is 13.0 Å². The number of nitrogens with zero attached hydrogens (tertiary/aromatic N) is 3. The average Bonchev–Trinajstić information content (AvgIpc) is 2.68. The number of aliphatic hydroxyl groups is 1. The Morgan fingerprint density at radius 1 is 1.17 bits per heavy atom. The molecule has 1 heterocycles. The first-order valence-electron chi connectivity index (χ1n) is 7.12. The second kappa shape index (κ2) is 7.52. The van der Waals surface area contributed by atoms with Gasteiger partial charge in [-0.3, -0.25) is 0 Å². The molecule has 18 heavy (non-hydrogen) atoms. The first-order valence-corrected chi connectivity index (χ1v) is 7.12. The van der Waals surface area contributed by atoms with Crippen molar-refractivity contribution >= 4 is 0 Å². The van der Waals surface area contributed by atoms with E-state index in [1.807, 2.05) is 18.5 Å². The summed E-state index contributed by atoms with van der Waals surface area (Å²) in [7, 11) is 0. The van der Waals surface area contributed by atoms with Crippen molar-refractivity contribution in [2.75, 3.05) is 0 Å². The van der Waals surface area contributed by atoms with Gasteiger partial charge in [-0.1, -0.05) is 44.2 Å². The van der Waals surface area contributed by atoms with Crippen molar-refractivity contribution in [1.82, 2.24) is 15.0 Å². The molecule has 0 spiro atoms. The lowest BCUT2D eigenvalue weighted by Gasteiger charge is -2.17. The van der Waals surface area contributed by atoms with Crippen molar-refractivity contribution in [1.29, 1.82) is 0 Å². The highest BCUT2D eigenvalue weighted by atomic mass is 16.3. The van der Waals surface area contributed by atoms with Crippen LogP contribution in [0.4, 0.5) is 0 Å². The van der Waals surface area contributed by atoms with E-state index < -0.39 is 5.60 Å². The Hall–Kier alpha value is -0.900. The molecule has 1 N–H and O–H groups in total. The number of hydrogen-bond donors (Lipinski definition) is 1. The van der Waals surface area contributed by atoms with Gasteiger partial charge in [-0.2, -0.15) is 0 Å². The molecule has 0 amide bonds. The molecule has 4 nitrogen and oxygen atoms in total. The molecule has 4 heteroatoms. The van der Waals surface area contributed by atoms with Gasteiger partial charge in [0, 0.05) is 13.0 Å². The first-order chi connectivity index (χ1) is 8.53. The first kappa shape index (κ1) is 15.2. The molecule has 0 atom stereocenters. The summed E-state index contributed by atoms with van der Waals surface area (Å²) in [6, 6.07) is 0. The van der Waals surface area contributed by atoms with Crippen molar-refractivity contribution < 1.29 is 5.11 Å². The lowest BCUT2D eigenvalue weighted by Crippen LogP contribution is -2.24. The van der Waals surface area contributed by atoms with E-state index in [0.29, 0.717) is 6.42 Å². The molecule has 0 aliphatic carbocycles. The third-order valence-corrected chi connectivity index (χ3v) is 3.04. The van der Waals surface area contributed by atoms with Crippen LogP contribution in [0.2, 0.25) is 0 Å². The Balaban J connectivity index is 2.28. The van der Waals surface area contributed by atoms with Crippen LogP contribution in [0.5, 0.6) is 0 Å². The summed E-state index contributed by atoms with van der Waals surface area (Å²) in [5.74, 6) is 0. The minimum Gasteiger partial charge on any atom is -0.390 e. The zero-order valence-corrected chi connectivity index (χ0v) is 12.0. The van der Waals surface area contributed by atoms with E-state index in [1.54, 1.807) is 6.20 Å². The molecular weight excluding hydrogens is 226 g/mol. The van der Waals surface area contributed by atoms with Gasteiger partial charge in [0.2, 0.25) is 0 Å². The second-order valence-corrected chi connectivity index (χ2v) is 5.71. The molecule has 1 aromatic rings. The normalized spacial score (nSPS) is 12.0. The third-order valence-electron chi connectivity index (χ3n) is 3.04. The standard InChI is InChI=1S/C14H27N3O/c1-4-5-6-7-8-9-10-17-13(12-15-16-17)11-14(2,3)18/h12,18H,4-11H2,1-3H3. The van der Waals surface area contributed by atoms with E-state index in [-0.39, 0.29) is 0 Å². The van der Waals surface area contributed by atoms with E-state index >= 15 is 0 Å². The monoisotopic (exact) mass is 253 g/mol. The van der Waals surface area contributed by atoms with Crippen LogP contribution in [0.3, 0.4) is 0 Å². The van der Waals surface area contributed by atoms with Gasteiger partial charge in [0.15, 0.2) is 0 Å². The van der Waals surface area contributed by atoms with Gasteiger partial charge in [0.1, 0.15) is 0 Å². The van der Waals surface area contributed by atoms with Gasteiger partial charge in [0.05, 0.1) is 17.5 Å². The maximum absolute atomic E-state index is 9.81. The van der Waals surface area contributed by atoms with Crippen molar-refractivity contribution in [3.63, 3.8) is 0 Å². The highest BCUT2D eigenvalue weighted by molar-refractivity contribution is 4.98. The van der Waals surface area contributed by atoms with Crippen LogP contribution in [0.25, 0.3) is 0 Å². The van der Waals surface area contributed by atoms with Gasteiger partial charge in [-0.15, -0.1) is 5.10 Å². The number of aromatic nitrogens is 3. The molecule has 0 aromatic carbocycles. The van der Waals surface area contributed by atoms with Crippen LogP contribution in [0.15, 0.2) is 6.20 Å². The Bertz CT molecular complexity index is 328. The van der Waals surface area contributed by atoms with Crippen LogP contribution < -0.4 is 0 Å². The highest BCUT2D eigenvalue weighted by Crippen LogP contribution is 2.12. The zero-order valence-electron chi connectivity index (χ0n) is 12.0. The lowest BCUT2D eigenvalue weighted by atomic mass is 10.0. The minimum atomic E-state index is -0.694. The molecule has 0 saturated heterocycles. The molecule has 0 saturated carbocycles. The summed E-state index contributed by atoms with van der Waals surface area (Å²) >= 11 is 0. The van der Waals surface area contributed by atoms with Gasteiger partial charge >= 0.3 is 0 Å². The molecule has 104 valence electrons. The van der Waals surface area contributed by atoms with E-state index in [0.717, 1.165) is 18.7 Å². The molecule has 0 unspecified atom stereocenters. The SMILES string of the molecule is CCCCCCCCn1nncc1CC(C)(C)O. The summed E-state index contributed by atoms with van der Waals surface area (Å²) in [5.41, 5.74) is 0.330. The summed E-state index contributed by atoms with van der Waals surface area (Å²) in [4.78, 5) is 0. The predicted molar refractivity (Wildman–Crippen MR) is 73.4 cm³/mol.